The molecule has 0 saturated carbocycles. The molecular formula is C12H8BrClN4. The van der Waals surface area contributed by atoms with Gasteiger partial charge in [0, 0.05) is 15.7 Å². The quantitative estimate of drug-likeness (QED) is 0.746. The number of pyridine rings is 1. The Bertz CT molecular complexity index is 738. The fourth-order valence-electron chi connectivity index (χ4n) is 1.87. The molecule has 0 unspecified atom stereocenters. The van der Waals surface area contributed by atoms with Gasteiger partial charge in [0.15, 0.2) is 0 Å². The van der Waals surface area contributed by atoms with Crippen molar-refractivity contribution in [2.45, 2.75) is 0 Å². The van der Waals surface area contributed by atoms with Crippen LogP contribution in [0.25, 0.3) is 16.7 Å². The molecule has 1 aromatic carbocycles. The summed E-state index contributed by atoms with van der Waals surface area (Å²) in [5.74, 6) is 0.409. The lowest BCUT2D eigenvalue weighted by Crippen LogP contribution is -2.00. The number of nitrogens with two attached hydrogens (primary N) is 1. The summed E-state index contributed by atoms with van der Waals surface area (Å²) in [5, 5.41) is 0.638. The third kappa shape index (κ3) is 1.85. The van der Waals surface area contributed by atoms with E-state index in [-0.39, 0.29) is 0 Å². The zero-order valence-corrected chi connectivity index (χ0v) is 11.5. The van der Waals surface area contributed by atoms with Crippen molar-refractivity contribution < 1.29 is 0 Å². The molecule has 0 atom stereocenters. The average molecular weight is 324 g/mol. The predicted octanol–water partition coefficient (Wildman–Crippen LogP) is 3.42. The first-order valence-corrected chi connectivity index (χ1v) is 6.36. The van der Waals surface area contributed by atoms with E-state index < -0.39 is 0 Å². The van der Waals surface area contributed by atoms with Crippen LogP contribution in [0.5, 0.6) is 0 Å². The van der Waals surface area contributed by atoms with Crippen molar-refractivity contribution in [2.75, 3.05) is 5.73 Å². The minimum Gasteiger partial charge on any atom is -0.369 e. The predicted molar refractivity (Wildman–Crippen MR) is 76.0 cm³/mol. The number of aromatic nitrogens is 3. The molecule has 0 bridgehead atoms. The van der Waals surface area contributed by atoms with E-state index in [1.807, 2.05) is 22.8 Å². The van der Waals surface area contributed by atoms with Crippen LogP contribution in [0.1, 0.15) is 0 Å². The lowest BCUT2D eigenvalue weighted by Gasteiger charge is -2.06. The third-order valence-corrected chi connectivity index (χ3v) is 3.26. The number of hydrogen-bond acceptors (Lipinski definition) is 3. The summed E-state index contributed by atoms with van der Waals surface area (Å²) in [6.07, 6.45) is 3.45. The summed E-state index contributed by atoms with van der Waals surface area (Å²) in [5.41, 5.74) is 8.47. The van der Waals surface area contributed by atoms with Gasteiger partial charge in [0.1, 0.15) is 0 Å². The number of halogens is 2. The Hall–Kier alpha value is -1.59. The summed E-state index contributed by atoms with van der Waals surface area (Å²) < 4.78 is 2.72. The topological polar surface area (TPSA) is 56.7 Å². The minimum atomic E-state index is 0.409. The van der Waals surface area contributed by atoms with Crippen LogP contribution in [0.15, 0.2) is 41.1 Å². The lowest BCUT2D eigenvalue weighted by atomic mass is 10.3. The van der Waals surface area contributed by atoms with Crippen LogP contribution in [-0.4, -0.2) is 14.5 Å². The van der Waals surface area contributed by atoms with Crippen molar-refractivity contribution in [3.05, 3.63) is 46.2 Å². The summed E-state index contributed by atoms with van der Waals surface area (Å²) >= 11 is 9.33. The highest BCUT2D eigenvalue weighted by Gasteiger charge is 2.10. The molecule has 4 nitrogen and oxygen atoms in total. The minimum absolute atomic E-state index is 0.409. The maximum absolute atomic E-state index is 5.95. The molecule has 0 amide bonds. The first-order valence-electron chi connectivity index (χ1n) is 5.19. The van der Waals surface area contributed by atoms with Crippen LogP contribution in [-0.2, 0) is 0 Å². The molecule has 0 aliphatic rings. The molecule has 2 heterocycles. The Morgan fingerprint density at radius 3 is 2.83 bits per heavy atom. The van der Waals surface area contributed by atoms with Crippen molar-refractivity contribution in [3.63, 3.8) is 0 Å². The number of benzene rings is 1. The van der Waals surface area contributed by atoms with Crippen LogP contribution in [0.2, 0.25) is 5.02 Å². The van der Waals surface area contributed by atoms with E-state index in [0.29, 0.717) is 11.0 Å². The molecule has 3 rings (SSSR count). The standard InChI is InChI=1S/C12H8BrClN4/c13-7-3-9(6-16-5-7)18-11-2-1-8(14)4-10(11)17-12(18)15/h1-6H,(H2,15,17). The molecule has 0 fully saturated rings. The second-order valence-corrected chi connectivity index (χ2v) is 5.15. The first kappa shape index (κ1) is 11.5. The fraction of sp³-hybridized carbons (Fsp3) is 0. The number of nitrogens with zero attached hydrogens (tertiary/aromatic N) is 3. The highest BCUT2D eigenvalue weighted by molar-refractivity contribution is 9.10. The van der Waals surface area contributed by atoms with E-state index >= 15 is 0 Å². The molecule has 0 radical (unpaired) electrons. The molecule has 2 N–H and O–H groups in total. The smallest absolute Gasteiger partial charge is 0.205 e. The molecule has 0 saturated heterocycles. The Labute approximate surface area is 117 Å². The number of fused-ring (bicyclic) bond motifs is 1. The van der Waals surface area contributed by atoms with Gasteiger partial charge in [0.25, 0.3) is 0 Å². The maximum atomic E-state index is 5.95. The van der Waals surface area contributed by atoms with Crippen molar-refractivity contribution in [3.8, 4) is 5.69 Å². The van der Waals surface area contributed by atoms with Crippen molar-refractivity contribution in [1.29, 1.82) is 0 Å². The van der Waals surface area contributed by atoms with Crippen LogP contribution >= 0.6 is 27.5 Å². The van der Waals surface area contributed by atoms with Gasteiger partial charge in [-0.15, -0.1) is 0 Å². The van der Waals surface area contributed by atoms with Crippen molar-refractivity contribution in [2.24, 2.45) is 0 Å². The molecule has 90 valence electrons. The molecule has 3 aromatic rings. The van der Waals surface area contributed by atoms with Crippen LogP contribution in [0.4, 0.5) is 5.95 Å². The van der Waals surface area contributed by atoms with Gasteiger partial charge < -0.3 is 5.73 Å². The van der Waals surface area contributed by atoms with Gasteiger partial charge in [-0.25, -0.2) is 4.98 Å². The number of hydrogen-bond donors (Lipinski definition) is 1. The molecule has 18 heavy (non-hydrogen) atoms. The number of rotatable bonds is 1. The fourth-order valence-corrected chi connectivity index (χ4v) is 2.39. The van der Waals surface area contributed by atoms with E-state index in [9.17, 15) is 0 Å². The normalized spacial score (nSPS) is 11.0. The van der Waals surface area contributed by atoms with E-state index in [1.165, 1.54) is 0 Å². The van der Waals surface area contributed by atoms with Crippen LogP contribution < -0.4 is 5.73 Å². The summed E-state index contributed by atoms with van der Waals surface area (Å²) in [7, 11) is 0. The van der Waals surface area contributed by atoms with Gasteiger partial charge in [-0.3, -0.25) is 9.55 Å². The van der Waals surface area contributed by atoms with E-state index in [0.717, 1.165) is 21.2 Å². The molecule has 6 heteroatoms. The van der Waals surface area contributed by atoms with E-state index in [4.69, 9.17) is 17.3 Å². The number of nitrogen functional groups attached to an aromatic ring is 1. The summed E-state index contributed by atoms with van der Waals surface area (Å²) in [4.78, 5) is 8.42. The third-order valence-electron chi connectivity index (χ3n) is 2.59. The average Bonchev–Trinajstić information content (AvgIpc) is 2.64. The van der Waals surface area contributed by atoms with Gasteiger partial charge >= 0.3 is 0 Å². The number of imidazole rings is 1. The van der Waals surface area contributed by atoms with Gasteiger partial charge in [-0.2, -0.15) is 0 Å². The Kier molecular flexibility index (Phi) is 2.72. The van der Waals surface area contributed by atoms with Crippen molar-refractivity contribution in [1.82, 2.24) is 14.5 Å². The molecule has 0 spiro atoms. The van der Waals surface area contributed by atoms with Crippen LogP contribution in [0.3, 0.4) is 0 Å². The van der Waals surface area contributed by atoms with Crippen LogP contribution in [0, 0.1) is 0 Å². The van der Waals surface area contributed by atoms with Gasteiger partial charge in [0.05, 0.1) is 22.9 Å². The van der Waals surface area contributed by atoms with Gasteiger partial charge in [-0.05, 0) is 40.2 Å². The zero-order valence-electron chi connectivity index (χ0n) is 9.14. The monoisotopic (exact) mass is 322 g/mol. The molecule has 2 aromatic heterocycles. The highest BCUT2D eigenvalue weighted by Crippen LogP contribution is 2.26. The highest BCUT2D eigenvalue weighted by atomic mass is 79.9. The lowest BCUT2D eigenvalue weighted by molar-refractivity contribution is 1.08. The largest absolute Gasteiger partial charge is 0.369 e. The Balaban J connectivity index is 2.32. The summed E-state index contributed by atoms with van der Waals surface area (Å²) in [6, 6.07) is 7.42. The van der Waals surface area contributed by atoms with E-state index in [1.54, 1.807) is 18.5 Å². The maximum Gasteiger partial charge on any atom is 0.205 e. The zero-order chi connectivity index (χ0) is 12.7. The molecular weight excluding hydrogens is 316 g/mol. The van der Waals surface area contributed by atoms with Gasteiger partial charge in [-0.1, -0.05) is 11.6 Å². The van der Waals surface area contributed by atoms with Gasteiger partial charge in [0.2, 0.25) is 5.95 Å². The second kappa shape index (κ2) is 4.26. The van der Waals surface area contributed by atoms with Crippen molar-refractivity contribution >= 4 is 44.5 Å². The molecule has 0 aliphatic carbocycles. The summed E-state index contributed by atoms with van der Waals surface area (Å²) in [6.45, 7) is 0. The number of anilines is 1. The van der Waals surface area contributed by atoms with E-state index in [2.05, 4.69) is 25.9 Å². The first-order chi connectivity index (χ1) is 8.65. The Morgan fingerprint density at radius 1 is 1.22 bits per heavy atom. The Morgan fingerprint density at radius 2 is 2.06 bits per heavy atom. The SMILES string of the molecule is Nc1nc2cc(Cl)ccc2n1-c1cncc(Br)c1. The molecule has 0 aliphatic heterocycles. The second-order valence-electron chi connectivity index (χ2n) is 3.80.